The molecule has 0 amide bonds. The first-order valence-corrected chi connectivity index (χ1v) is 6.59. The van der Waals surface area contributed by atoms with Crippen molar-refractivity contribution in [2.75, 3.05) is 26.8 Å². The summed E-state index contributed by atoms with van der Waals surface area (Å²) in [5, 5.41) is 0. The molecule has 98 valence electrons. The fourth-order valence-corrected chi connectivity index (χ4v) is 3.01. The summed E-state index contributed by atoms with van der Waals surface area (Å²) in [5.41, 5.74) is 1.18. The van der Waals surface area contributed by atoms with Crippen molar-refractivity contribution in [2.24, 2.45) is 0 Å². The molecule has 18 heavy (non-hydrogen) atoms. The van der Waals surface area contributed by atoms with Crippen LogP contribution in [-0.4, -0.2) is 48.4 Å². The Kier molecular flexibility index (Phi) is 3.33. The average Bonchev–Trinajstić information content (AvgIpc) is 2.38. The molecule has 4 nitrogen and oxygen atoms in total. The molecule has 1 aromatic heterocycles. The quantitative estimate of drug-likeness (QED) is 0.811. The Labute approximate surface area is 108 Å². The van der Waals surface area contributed by atoms with Crippen molar-refractivity contribution >= 4 is 0 Å². The van der Waals surface area contributed by atoms with E-state index in [2.05, 4.69) is 16.0 Å². The molecule has 0 aromatic carbocycles. The number of likely N-dealkylation sites (tertiary alicyclic amines) is 1. The van der Waals surface area contributed by atoms with Gasteiger partial charge in [-0.15, -0.1) is 0 Å². The summed E-state index contributed by atoms with van der Waals surface area (Å²) in [7, 11) is 1.80. The molecule has 0 bridgehead atoms. The van der Waals surface area contributed by atoms with Crippen molar-refractivity contribution in [1.29, 1.82) is 0 Å². The lowest BCUT2D eigenvalue weighted by molar-refractivity contribution is -0.195. The third-order valence-electron chi connectivity index (χ3n) is 3.92. The summed E-state index contributed by atoms with van der Waals surface area (Å²) in [4.78, 5) is 6.75. The Morgan fingerprint density at radius 1 is 1.50 bits per heavy atom. The van der Waals surface area contributed by atoms with Gasteiger partial charge >= 0.3 is 0 Å². The van der Waals surface area contributed by atoms with Gasteiger partial charge < -0.3 is 9.47 Å². The first kappa shape index (κ1) is 12.1. The van der Waals surface area contributed by atoms with E-state index in [1.165, 1.54) is 0 Å². The van der Waals surface area contributed by atoms with Crippen LogP contribution in [0.15, 0.2) is 24.4 Å². The van der Waals surface area contributed by atoms with Crippen LogP contribution in [0.25, 0.3) is 0 Å². The van der Waals surface area contributed by atoms with Crippen molar-refractivity contribution in [3.05, 3.63) is 30.1 Å². The molecule has 1 atom stereocenters. The number of nitrogens with zero attached hydrogens (tertiary/aromatic N) is 2. The zero-order valence-corrected chi connectivity index (χ0v) is 10.8. The minimum atomic E-state index is 0.0493. The molecule has 0 radical (unpaired) electrons. The maximum absolute atomic E-state index is 5.96. The van der Waals surface area contributed by atoms with E-state index in [1.807, 2.05) is 18.3 Å². The number of ether oxygens (including phenoxy) is 2. The molecule has 2 aliphatic heterocycles. The zero-order valence-electron chi connectivity index (χ0n) is 10.8. The first-order valence-electron chi connectivity index (χ1n) is 6.59. The summed E-state index contributed by atoms with van der Waals surface area (Å²) in [6, 6.07) is 6.06. The second-order valence-corrected chi connectivity index (χ2v) is 5.35. The molecule has 3 rings (SSSR count). The molecule has 4 heteroatoms. The lowest BCUT2D eigenvalue weighted by Crippen LogP contribution is -2.65. The Balaban J connectivity index is 1.53. The zero-order chi connectivity index (χ0) is 12.4. The lowest BCUT2D eigenvalue weighted by atomic mass is 9.84. The minimum absolute atomic E-state index is 0.0493. The van der Waals surface area contributed by atoms with Gasteiger partial charge in [0.2, 0.25) is 0 Å². The fraction of sp³-hybridized carbons (Fsp3) is 0.643. The van der Waals surface area contributed by atoms with Gasteiger partial charge in [0.25, 0.3) is 0 Å². The molecular formula is C14H20N2O2. The lowest BCUT2D eigenvalue weighted by Gasteiger charge is -2.53. The second kappa shape index (κ2) is 4.96. The van der Waals surface area contributed by atoms with Crippen molar-refractivity contribution in [1.82, 2.24) is 9.88 Å². The largest absolute Gasteiger partial charge is 0.381 e. The third-order valence-corrected chi connectivity index (χ3v) is 3.92. The van der Waals surface area contributed by atoms with Crippen LogP contribution in [0.3, 0.4) is 0 Å². The van der Waals surface area contributed by atoms with E-state index in [0.29, 0.717) is 6.10 Å². The fourth-order valence-electron chi connectivity index (χ4n) is 3.01. The summed E-state index contributed by atoms with van der Waals surface area (Å²) in [6.07, 6.45) is 4.28. The number of hydrogen-bond acceptors (Lipinski definition) is 4. The maximum Gasteiger partial charge on any atom is 0.0959 e. The van der Waals surface area contributed by atoms with Crippen LogP contribution < -0.4 is 0 Å². The van der Waals surface area contributed by atoms with E-state index in [1.54, 1.807) is 7.11 Å². The van der Waals surface area contributed by atoms with E-state index >= 15 is 0 Å². The van der Waals surface area contributed by atoms with E-state index in [9.17, 15) is 0 Å². The van der Waals surface area contributed by atoms with Gasteiger partial charge in [-0.1, -0.05) is 6.07 Å². The number of rotatable bonds is 3. The van der Waals surface area contributed by atoms with Crippen LogP contribution in [0.4, 0.5) is 0 Å². The summed E-state index contributed by atoms with van der Waals surface area (Å²) in [5.74, 6) is 0. The van der Waals surface area contributed by atoms with E-state index in [0.717, 1.165) is 44.8 Å². The van der Waals surface area contributed by atoms with E-state index < -0.39 is 0 Å². The molecule has 2 aliphatic rings. The minimum Gasteiger partial charge on any atom is -0.381 e. The number of methoxy groups -OCH3 is 1. The molecule has 3 heterocycles. The summed E-state index contributed by atoms with van der Waals surface area (Å²) < 4.78 is 11.4. The Bertz CT molecular complexity index is 390. The molecule has 2 saturated heterocycles. The summed E-state index contributed by atoms with van der Waals surface area (Å²) >= 11 is 0. The second-order valence-electron chi connectivity index (χ2n) is 5.35. The van der Waals surface area contributed by atoms with Gasteiger partial charge in [-0.25, -0.2) is 0 Å². The Morgan fingerprint density at radius 2 is 2.39 bits per heavy atom. The van der Waals surface area contributed by atoms with Gasteiger partial charge in [-0.3, -0.25) is 9.88 Å². The predicted molar refractivity (Wildman–Crippen MR) is 68.2 cm³/mol. The number of hydrogen-bond donors (Lipinski definition) is 0. The standard InChI is InChI=1S/C14H20N2O2/c1-17-13-5-7-18-14(8-13)10-16(11-14)9-12-4-2-3-6-15-12/h2-4,6,13H,5,7-11H2,1H3/t13-/m1/s1. The molecule has 0 aliphatic carbocycles. The SMILES string of the molecule is CO[C@@H]1CCOC2(C1)CN(Cc1ccccn1)C2. The van der Waals surface area contributed by atoms with Crippen LogP contribution in [0.1, 0.15) is 18.5 Å². The average molecular weight is 248 g/mol. The number of pyridine rings is 1. The third kappa shape index (κ3) is 2.41. The first-order chi connectivity index (χ1) is 8.80. The van der Waals surface area contributed by atoms with Gasteiger partial charge in [0.05, 0.1) is 17.4 Å². The smallest absolute Gasteiger partial charge is 0.0959 e. The van der Waals surface area contributed by atoms with Crippen molar-refractivity contribution in [2.45, 2.75) is 31.1 Å². The van der Waals surface area contributed by atoms with Crippen LogP contribution >= 0.6 is 0 Å². The van der Waals surface area contributed by atoms with Gasteiger partial charge in [0, 0.05) is 46.0 Å². The highest BCUT2D eigenvalue weighted by atomic mass is 16.5. The normalized spacial score (nSPS) is 27.1. The topological polar surface area (TPSA) is 34.6 Å². The number of aromatic nitrogens is 1. The predicted octanol–water partition coefficient (Wildman–Crippen LogP) is 1.46. The van der Waals surface area contributed by atoms with Crippen LogP contribution in [0.2, 0.25) is 0 Å². The molecule has 0 saturated carbocycles. The van der Waals surface area contributed by atoms with Gasteiger partial charge in [0.15, 0.2) is 0 Å². The van der Waals surface area contributed by atoms with E-state index in [4.69, 9.17) is 9.47 Å². The maximum atomic E-state index is 5.96. The Morgan fingerprint density at radius 3 is 3.11 bits per heavy atom. The van der Waals surface area contributed by atoms with Crippen molar-refractivity contribution in [3.63, 3.8) is 0 Å². The highest BCUT2D eigenvalue weighted by Crippen LogP contribution is 2.35. The van der Waals surface area contributed by atoms with Crippen molar-refractivity contribution < 1.29 is 9.47 Å². The highest BCUT2D eigenvalue weighted by molar-refractivity contribution is 5.07. The van der Waals surface area contributed by atoms with Crippen LogP contribution in [0, 0.1) is 0 Å². The monoisotopic (exact) mass is 248 g/mol. The Hall–Kier alpha value is -0.970. The van der Waals surface area contributed by atoms with Gasteiger partial charge in [0.1, 0.15) is 0 Å². The van der Waals surface area contributed by atoms with Crippen LogP contribution in [0.5, 0.6) is 0 Å². The highest BCUT2D eigenvalue weighted by Gasteiger charge is 2.47. The molecule has 0 unspecified atom stereocenters. The van der Waals surface area contributed by atoms with Crippen molar-refractivity contribution in [3.8, 4) is 0 Å². The molecule has 1 aromatic rings. The molecule has 2 fully saturated rings. The van der Waals surface area contributed by atoms with E-state index in [-0.39, 0.29) is 5.60 Å². The van der Waals surface area contributed by atoms with Crippen LogP contribution in [-0.2, 0) is 16.0 Å². The van der Waals surface area contributed by atoms with Gasteiger partial charge in [-0.2, -0.15) is 0 Å². The molecular weight excluding hydrogens is 228 g/mol. The molecule has 0 N–H and O–H groups in total. The van der Waals surface area contributed by atoms with Gasteiger partial charge in [-0.05, 0) is 18.6 Å². The summed E-state index contributed by atoms with van der Waals surface area (Å²) in [6.45, 7) is 3.76. The molecule has 1 spiro atoms.